The summed E-state index contributed by atoms with van der Waals surface area (Å²) in [5.41, 5.74) is -0.479. The summed E-state index contributed by atoms with van der Waals surface area (Å²) < 4.78 is 39.1. The Hall–Kier alpha value is -1.85. The SMILES string of the molecule is CC(F)(F)c1cc2c(cc1C1(CC(=O)O)CC1)OCCCO2. The number of halogens is 2. The Labute approximate surface area is 127 Å². The molecule has 1 aromatic rings. The molecule has 0 spiro atoms. The number of rotatable bonds is 4. The van der Waals surface area contributed by atoms with E-state index < -0.39 is 17.3 Å². The maximum atomic E-state index is 14.0. The zero-order chi connectivity index (χ0) is 16.0. The van der Waals surface area contributed by atoms with Gasteiger partial charge < -0.3 is 14.6 Å². The Morgan fingerprint density at radius 3 is 2.36 bits per heavy atom. The van der Waals surface area contributed by atoms with Crippen LogP contribution in [0.3, 0.4) is 0 Å². The van der Waals surface area contributed by atoms with E-state index >= 15 is 0 Å². The first kappa shape index (κ1) is 15.1. The molecule has 1 aromatic carbocycles. The van der Waals surface area contributed by atoms with E-state index in [2.05, 4.69) is 0 Å². The molecule has 0 atom stereocenters. The molecule has 0 unspecified atom stereocenters. The number of carboxylic acid groups (broad SMARTS) is 1. The highest BCUT2D eigenvalue weighted by Crippen LogP contribution is 2.56. The third-order valence-corrected chi connectivity index (χ3v) is 4.28. The molecule has 0 bridgehead atoms. The predicted octanol–water partition coefficient (Wildman–Crippen LogP) is 3.47. The van der Waals surface area contributed by atoms with Gasteiger partial charge in [0, 0.05) is 24.3 Å². The maximum absolute atomic E-state index is 14.0. The predicted molar refractivity (Wildman–Crippen MR) is 74.8 cm³/mol. The molecule has 1 heterocycles. The Morgan fingerprint density at radius 2 is 1.86 bits per heavy atom. The molecule has 0 saturated heterocycles. The summed E-state index contributed by atoms with van der Waals surface area (Å²) in [7, 11) is 0. The molecule has 1 aliphatic carbocycles. The van der Waals surface area contributed by atoms with Gasteiger partial charge in [0.25, 0.3) is 5.92 Å². The highest BCUT2D eigenvalue weighted by molar-refractivity contribution is 5.71. The van der Waals surface area contributed by atoms with Crippen molar-refractivity contribution in [1.29, 1.82) is 0 Å². The van der Waals surface area contributed by atoms with Crippen molar-refractivity contribution in [1.82, 2.24) is 0 Å². The fraction of sp³-hybridized carbons (Fsp3) is 0.562. The molecule has 4 nitrogen and oxygen atoms in total. The molecular weight excluding hydrogens is 294 g/mol. The minimum Gasteiger partial charge on any atom is -0.490 e. The van der Waals surface area contributed by atoms with Crippen LogP contribution < -0.4 is 9.47 Å². The number of ether oxygens (including phenoxy) is 2. The van der Waals surface area contributed by atoms with E-state index in [1.807, 2.05) is 0 Å². The number of carbonyl (C=O) groups is 1. The van der Waals surface area contributed by atoms with Crippen molar-refractivity contribution in [2.45, 2.75) is 43.9 Å². The molecule has 1 fully saturated rings. The van der Waals surface area contributed by atoms with Crippen LogP contribution in [-0.2, 0) is 16.1 Å². The van der Waals surface area contributed by atoms with Crippen LogP contribution in [0, 0.1) is 0 Å². The van der Waals surface area contributed by atoms with Gasteiger partial charge >= 0.3 is 5.97 Å². The van der Waals surface area contributed by atoms with Gasteiger partial charge in [0.15, 0.2) is 11.5 Å². The Bertz CT molecular complexity index is 603. The van der Waals surface area contributed by atoms with Crippen molar-refractivity contribution in [2.75, 3.05) is 13.2 Å². The monoisotopic (exact) mass is 312 g/mol. The minimum atomic E-state index is -3.06. The standard InChI is InChI=1S/C16H18F2O4/c1-15(17,18)10-7-12-13(22-6-2-5-21-12)8-11(10)16(3-4-16)9-14(19)20/h7-8H,2-6,9H2,1H3,(H,19,20). The van der Waals surface area contributed by atoms with E-state index in [9.17, 15) is 13.6 Å². The molecule has 1 N–H and O–H groups in total. The second-order valence-corrected chi connectivity index (χ2v) is 6.13. The lowest BCUT2D eigenvalue weighted by molar-refractivity contribution is -0.137. The normalized spacial score (nSPS) is 19.4. The number of benzene rings is 1. The van der Waals surface area contributed by atoms with E-state index in [0.717, 1.165) is 6.92 Å². The van der Waals surface area contributed by atoms with Crippen molar-refractivity contribution in [2.24, 2.45) is 0 Å². The van der Waals surface area contributed by atoms with Gasteiger partial charge in [0.2, 0.25) is 0 Å². The highest BCUT2D eigenvalue weighted by atomic mass is 19.3. The molecule has 120 valence electrons. The van der Waals surface area contributed by atoms with Crippen molar-refractivity contribution in [3.8, 4) is 11.5 Å². The number of carboxylic acids is 1. The lowest BCUT2D eigenvalue weighted by atomic mass is 9.86. The smallest absolute Gasteiger partial charge is 0.304 e. The van der Waals surface area contributed by atoms with Crippen LogP contribution in [0.5, 0.6) is 11.5 Å². The molecule has 0 aromatic heterocycles. The van der Waals surface area contributed by atoms with Gasteiger partial charge in [0.1, 0.15) is 0 Å². The van der Waals surface area contributed by atoms with Gasteiger partial charge in [-0.1, -0.05) is 0 Å². The van der Waals surface area contributed by atoms with Gasteiger partial charge in [-0.25, -0.2) is 8.78 Å². The number of fused-ring (bicyclic) bond motifs is 1. The van der Waals surface area contributed by atoms with Gasteiger partial charge in [-0.2, -0.15) is 0 Å². The van der Waals surface area contributed by atoms with Crippen LogP contribution in [0.1, 0.15) is 43.7 Å². The summed E-state index contributed by atoms with van der Waals surface area (Å²) in [5.74, 6) is -3.30. The summed E-state index contributed by atoms with van der Waals surface area (Å²) in [6.07, 6.45) is 1.74. The number of hydrogen-bond acceptors (Lipinski definition) is 3. The summed E-state index contributed by atoms with van der Waals surface area (Å²) >= 11 is 0. The summed E-state index contributed by atoms with van der Waals surface area (Å²) in [6.45, 7) is 1.70. The minimum absolute atomic E-state index is 0.143. The van der Waals surface area contributed by atoms with E-state index in [1.165, 1.54) is 6.07 Å². The third-order valence-electron chi connectivity index (χ3n) is 4.28. The van der Waals surface area contributed by atoms with E-state index in [4.69, 9.17) is 14.6 Å². The van der Waals surface area contributed by atoms with Crippen molar-refractivity contribution < 1.29 is 28.2 Å². The lowest BCUT2D eigenvalue weighted by Crippen LogP contribution is -2.20. The summed E-state index contributed by atoms with van der Waals surface area (Å²) in [5, 5.41) is 9.08. The first-order chi connectivity index (χ1) is 10.3. The van der Waals surface area contributed by atoms with E-state index in [0.29, 0.717) is 49.5 Å². The van der Waals surface area contributed by atoms with E-state index in [-0.39, 0.29) is 12.0 Å². The molecule has 6 heteroatoms. The molecule has 0 radical (unpaired) electrons. The number of alkyl halides is 2. The average molecular weight is 312 g/mol. The molecular formula is C16H18F2O4. The zero-order valence-corrected chi connectivity index (χ0v) is 12.3. The molecule has 22 heavy (non-hydrogen) atoms. The van der Waals surface area contributed by atoms with Crippen molar-refractivity contribution in [3.63, 3.8) is 0 Å². The molecule has 1 aliphatic heterocycles. The van der Waals surface area contributed by atoms with Crippen LogP contribution in [0.2, 0.25) is 0 Å². The fourth-order valence-corrected chi connectivity index (χ4v) is 2.99. The number of aliphatic carboxylic acids is 1. The average Bonchev–Trinajstić information content (AvgIpc) is 3.19. The molecule has 0 amide bonds. The van der Waals surface area contributed by atoms with E-state index in [1.54, 1.807) is 6.07 Å². The second-order valence-electron chi connectivity index (χ2n) is 6.13. The first-order valence-corrected chi connectivity index (χ1v) is 7.36. The Balaban J connectivity index is 2.11. The van der Waals surface area contributed by atoms with Crippen molar-refractivity contribution in [3.05, 3.63) is 23.3 Å². The summed E-state index contributed by atoms with van der Waals surface area (Å²) in [6, 6.07) is 2.88. The van der Waals surface area contributed by atoms with Crippen molar-refractivity contribution >= 4 is 5.97 Å². The fourth-order valence-electron chi connectivity index (χ4n) is 2.99. The van der Waals surface area contributed by atoms with Gasteiger partial charge in [-0.15, -0.1) is 0 Å². The first-order valence-electron chi connectivity index (χ1n) is 7.36. The molecule has 3 rings (SSSR count). The summed E-state index contributed by atoms with van der Waals surface area (Å²) in [4.78, 5) is 11.1. The van der Waals surface area contributed by atoms with Crippen LogP contribution in [0.15, 0.2) is 12.1 Å². The molecule has 2 aliphatic rings. The second kappa shape index (κ2) is 5.11. The quantitative estimate of drug-likeness (QED) is 0.925. The third kappa shape index (κ3) is 2.74. The lowest BCUT2D eigenvalue weighted by Gasteiger charge is -2.24. The van der Waals surface area contributed by atoms with Crippen LogP contribution in [0.4, 0.5) is 8.78 Å². The largest absolute Gasteiger partial charge is 0.490 e. The molecule has 1 saturated carbocycles. The Kier molecular flexibility index (Phi) is 3.50. The van der Waals surface area contributed by atoms with Crippen LogP contribution in [0.25, 0.3) is 0 Å². The van der Waals surface area contributed by atoms with Crippen LogP contribution >= 0.6 is 0 Å². The van der Waals surface area contributed by atoms with Gasteiger partial charge in [-0.3, -0.25) is 4.79 Å². The topological polar surface area (TPSA) is 55.8 Å². The zero-order valence-electron chi connectivity index (χ0n) is 12.3. The van der Waals surface area contributed by atoms with Gasteiger partial charge in [-0.05, 0) is 30.5 Å². The van der Waals surface area contributed by atoms with Crippen LogP contribution in [-0.4, -0.2) is 24.3 Å². The van der Waals surface area contributed by atoms with Gasteiger partial charge in [0.05, 0.1) is 19.6 Å². The highest BCUT2D eigenvalue weighted by Gasteiger charge is 2.50. The number of hydrogen-bond donors (Lipinski definition) is 1. The maximum Gasteiger partial charge on any atom is 0.304 e. The Morgan fingerprint density at radius 1 is 1.27 bits per heavy atom.